The molecule has 0 spiro atoms. The number of rotatable bonds is 7. The van der Waals surface area contributed by atoms with Crippen LogP contribution in [0, 0.1) is 0 Å². The second kappa shape index (κ2) is 7.85. The van der Waals surface area contributed by atoms with Gasteiger partial charge < -0.3 is 11.1 Å². The molecular formula is C14H22N2O. The van der Waals surface area contributed by atoms with Crippen LogP contribution < -0.4 is 11.1 Å². The van der Waals surface area contributed by atoms with Gasteiger partial charge >= 0.3 is 0 Å². The van der Waals surface area contributed by atoms with Crippen LogP contribution in [0.25, 0.3) is 0 Å². The maximum Gasteiger partial charge on any atom is 0.238 e. The summed E-state index contributed by atoms with van der Waals surface area (Å²) < 4.78 is 0. The predicted octanol–water partition coefficient (Wildman–Crippen LogP) is 2.71. The molecule has 3 nitrogen and oxygen atoms in total. The molecule has 1 amide bonds. The van der Waals surface area contributed by atoms with Gasteiger partial charge in [-0.1, -0.05) is 38.3 Å². The molecule has 0 aliphatic rings. The Morgan fingerprint density at radius 1 is 1.18 bits per heavy atom. The summed E-state index contributed by atoms with van der Waals surface area (Å²) in [5, 5.41) is 2.73. The Hall–Kier alpha value is -1.35. The molecule has 1 rings (SSSR count). The van der Waals surface area contributed by atoms with Crippen LogP contribution in [0.5, 0.6) is 0 Å². The van der Waals surface area contributed by atoms with E-state index in [0.29, 0.717) is 0 Å². The van der Waals surface area contributed by atoms with Crippen molar-refractivity contribution < 1.29 is 4.79 Å². The van der Waals surface area contributed by atoms with Crippen molar-refractivity contribution in [3.63, 3.8) is 0 Å². The monoisotopic (exact) mass is 234 g/mol. The van der Waals surface area contributed by atoms with Crippen molar-refractivity contribution in [1.29, 1.82) is 0 Å². The van der Waals surface area contributed by atoms with E-state index in [1.54, 1.807) is 0 Å². The molecule has 94 valence electrons. The van der Waals surface area contributed by atoms with Crippen molar-refractivity contribution in [1.82, 2.24) is 0 Å². The molecule has 0 radical (unpaired) electrons. The van der Waals surface area contributed by atoms with Crippen LogP contribution in [0.2, 0.25) is 0 Å². The summed E-state index contributed by atoms with van der Waals surface area (Å²) in [6.45, 7) is 2.24. The number of nitrogens with one attached hydrogen (secondary N) is 1. The van der Waals surface area contributed by atoms with Gasteiger partial charge in [-0.05, 0) is 30.5 Å². The highest BCUT2D eigenvalue weighted by atomic mass is 16.1. The van der Waals surface area contributed by atoms with Gasteiger partial charge in [-0.15, -0.1) is 0 Å². The lowest BCUT2D eigenvalue weighted by Gasteiger charge is -2.05. The van der Waals surface area contributed by atoms with E-state index in [1.165, 1.54) is 31.2 Å². The minimum atomic E-state index is -0.152. The molecule has 0 bridgehead atoms. The minimum absolute atomic E-state index is 0.0266. The first-order valence-electron chi connectivity index (χ1n) is 6.35. The van der Waals surface area contributed by atoms with Crippen LogP contribution in [0.1, 0.15) is 38.2 Å². The molecule has 3 N–H and O–H groups in total. The first-order chi connectivity index (χ1) is 8.26. The molecule has 1 aromatic rings. The Labute approximate surface area is 103 Å². The molecule has 0 aromatic heterocycles. The molecule has 17 heavy (non-hydrogen) atoms. The van der Waals surface area contributed by atoms with Crippen LogP contribution in [0.15, 0.2) is 24.3 Å². The summed E-state index contributed by atoms with van der Waals surface area (Å²) in [6, 6.07) is 8.00. The summed E-state index contributed by atoms with van der Waals surface area (Å²) in [5.41, 5.74) is 7.38. The van der Waals surface area contributed by atoms with Gasteiger partial charge in [0.25, 0.3) is 0 Å². The number of aryl methyl sites for hydroxylation is 1. The number of carbonyl (C=O) groups excluding carboxylic acids is 1. The lowest BCUT2D eigenvalue weighted by atomic mass is 10.1. The second-order valence-corrected chi connectivity index (χ2v) is 4.26. The van der Waals surface area contributed by atoms with Gasteiger partial charge in [-0.25, -0.2) is 0 Å². The number of amides is 1. The molecular weight excluding hydrogens is 212 g/mol. The molecule has 0 aliphatic carbocycles. The average molecular weight is 234 g/mol. The smallest absolute Gasteiger partial charge is 0.238 e. The molecule has 0 unspecified atom stereocenters. The number of unbranched alkanes of at least 4 members (excludes halogenated alkanes) is 3. The molecule has 0 atom stereocenters. The van der Waals surface area contributed by atoms with Crippen molar-refractivity contribution in [3.05, 3.63) is 29.8 Å². The minimum Gasteiger partial charge on any atom is -0.325 e. The summed E-state index contributed by atoms with van der Waals surface area (Å²) in [5.74, 6) is -0.152. The zero-order valence-electron chi connectivity index (χ0n) is 10.5. The van der Waals surface area contributed by atoms with E-state index < -0.39 is 0 Å². The first-order valence-corrected chi connectivity index (χ1v) is 6.35. The van der Waals surface area contributed by atoms with E-state index in [-0.39, 0.29) is 12.5 Å². The zero-order valence-corrected chi connectivity index (χ0v) is 10.5. The number of benzene rings is 1. The third-order valence-corrected chi connectivity index (χ3v) is 2.74. The van der Waals surface area contributed by atoms with E-state index in [1.807, 2.05) is 12.1 Å². The van der Waals surface area contributed by atoms with Crippen LogP contribution in [-0.2, 0) is 11.2 Å². The summed E-state index contributed by atoms with van der Waals surface area (Å²) in [4.78, 5) is 11.1. The Bertz CT molecular complexity index is 333. The third-order valence-electron chi connectivity index (χ3n) is 2.74. The summed E-state index contributed by atoms with van der Waals surface area (Å²) in [6.07, 6.45) is 6.23. The highest BCUT2D eigenvalue weighted by Gasteiger charge is 1.99. The highest BCUT2D eigenvalue weighted by Crippen LogP contribution is 2.12. The largest absolute Gasteiger partial charge is 0.325 e. The number of nitrogens with two attached hydrogens (primary N) is 1. The van der Waals surface area contributed by atoms with Crippen LogP contribution in [0.4, 0.5) is 5.69 Å². The van der Waals surface area contributed by atoms with Gasteiger partial charge in [-0.2, -0.15) is 0 Å². The molecule has 0 heterocycles. The first kappa shape index (κ1) is 13.7. The van der Waals surface area contributed by atoms with E-state index in [4.69, 9.17) is 5.73 Å². The van der Waals surface area contributed by atoms with Gasteiger partial charge in [0.2, 0.25) is 5.91 Å². The van der Waals surface area contributed by atoms with Crippen molar-refractivity contribution in [2.45, 2.75) is 39.0 Å². The lowest BCUT2D eigenvalue weighted by Crippen LogP contribution is -2.21. The normalized spacial score (nSPS) is 10.2. The Balaban J connectivity index is 2.36. The molecule has 0 saturated heterocycles. The number of carbonyl (C=O) groups is 1. The van der Waals surface area contributed by atoms with Crippen molar-refractivity contribution in [2.24, 2.45) is 5.73 Å². The number of hydrogen-bond acceptors (Lipinski definition) is 2. The predicted molar refractivity (Wildman–Crippen MR) is 72.0 cm³/mol. The Kier molecular flexibility index (Phi) is 6.33. The maximum absolute atomic E-state index is 11.1. The fraction of sp³-hybridized carbons (Fsp3) is 0.500. The van der Waals surface area contributed by atoms with E-state index in [2.05, 4.69) is 24.4 Å². The second-order valence-electron chi connectivity index (χ2n) is 4.26. The standard InChI is InChI=1S/C14H22N2O/c1-2-3-4-5-6-12-7-9-13(10-8-12)16-14(17)11-15/h7-10H,2-6,11,15H2,1H3,(H,16,17). The van der Waals surface area contributed by atoms with E-state index >= 15 is 0 Å². The van der Waals surface area contributed by atoms with Gasteiger partial charge in [-0.3, -0.25) is 4.79 Å². The van der Waals surface area contributed by atoms with Gasteiger partial charge in [0.15, 0.2) is 0 Å². The molecule has 1 aromatic carbocycles. The fourth-order valence-electron chi connectivity index (χ4n) is 1.72. The van der Waals surface area contributed by atoms with Crippen molar-refractivity contribution in [3.8, 4) is 0 Å². The summed E-state index contributed by atoms with van der Waals surface area (Å²) in [7, 11) is 0. The van der Waals surface area contributed by atoms with Crippen LogP contribution in [-0.4, -0.2) is 12.5 Å². The topological polar surface area (TPSA) is 55.1 Å². The number of anilines is 1. The Morgan fingerprint density at radius 2 is 1.88 bits per heavy atom. The van der Waals surface area contributed by atoms with Crippen LogP contribution in [0.3, 0.4) is 0 Å². The number of hydrogen-bond donors (Lipinski definition) is 2. The highest BCUT2D eigenvalue weighted by molar-refractivity contribution is 5.92. The Morgan fingerprint density at radius 3 is 2.47 bits per heavy atom. The fourth-order valence-corrected chi connectivity index (χ4v) is 1.72. The van der Waals surface area contributed by atoms with Gasteiger partial charge in [0, 0.05) is 5.69 Å². The van der Waals surface area contributed by atoms with E-state index in [9.17, 15) is 4.79 Å². The molecule has 3 heteroatoms. The third kappa shape index (κ3) is 5.50. The van der Waals surface area contributed by atoms with Gasteiger partial charge in [0.1, 0.15) is 0 Å². The summed E-state index contributed by atoms with van der Waals surface area (Å²) >= 11 is 0. The molecule has 0 saturated carbocycles. The van der Waals surface area contributed by atoms with Crippen LogP contribution >= 0.6 is 0 Å². The van der Waals surface area contributed by atoms with Crippen molar-refractivity contribution in [2.75, 3.05) is 11.9 Å². The molecule has 0 aliphatic heterocycles. The van der Waals surface area contributed by atoms with E-state index in [0.717, 1.165) is 12.1 Å². The molecule has 0 fully saturated rings. The average Bonchev–Trinajstić information content (AvgIpc) is 2.36. The maximum atomic E-state index is 11.1. The SMILES string of the molecule is CCCCCCc1ccc(NC(=O)CN)cc1. The zero-order chi connectivity index (χ0) is 12.5. The quantitative estimate of drug-likeness (QED) is 0.713. The van der Waals surface area contributed by atoms with Crippen molar-refractivity contribution >= 4 is 11.6 Å². The lowest BCUT2D eigenvalue weighted by molar-refractivity contribution is -0.114. The van der Waals surface area contributed by atoms with Gasteiger partial charge in [0.05, 0.1) is 6.54 Å².